The number of fused-ring (bicyclic) bond motifs is 5. The second-order valence-electron chi connectivity index (χ2n) is 9.47. The van der Waals surface area contributed by atoms with E-state index in [1.54, 1.807) is 31.2 Å². The molecule has 200 valence electrons. The molecule has 0 aliphatic carbocycles. The van der Waals surface area contributed by atoms with Crippen molar-refractivity contribution in [2.75, 3.05) is 0 Å². The molecule has 2 aromatic heterocycles. The largest absolute Gasteiger partial charge is 0.489 e. The van der Waals surface area contributed by atoms with Crippen molar-refractivity contribution in [3.63, 3.8) is 0 Å². The van der Waals surface area contributed by atoms with E-state index in [1.165, 1.54) is 34.9 Å². The third-order valence-electron chi connectivity index (χ3n) is 7.44. The van der Waals surface area contributed by atoms with Crippen LogP contribution in [0.1, 0.15) is 40.4 Å². The van der Waals surface area contributed by atoms with Gasteiger partial charge in [-0.15, -0.1) is 0 Å². The summed E-state index contributed by atoms with van der Waals surface area (Å²) in [6.07, 6.45) is 0.123. The molecule has 1 atom stereocenters. The highest BCUT2D eigenvalue weighted by Gasteiger charge is 2.47. The minimum Gasteiger partial charge on any atom is -0.489 e. The Labute approximate surface area is 225 Å². The summed E-state index contributed by atoms with van der Waals surface area (Å²) in [6, 6.07) is 13.4. The first-order valence-corrected chi connectivity index (χ1v) is 12.3. The Kier molecular flexibility index (Phi) is 5.50. The minimum atomic E-state index is -1.61. The number of carbonyl (C=O) groups excluding carboxylic acids is 1. The Morgan fingerprint density at radius 2 is 1.85 bits per heavy atom. The molecule has 0 saturated heterocycles. The lowest BCUT2D eigenvalue weighted by atomic mass is 9.84. The smallest absolute Gasteiger partial charge is 0.346 e. The first-order valence-electron chi connectivity index (χ1n) is 12.3. The number of aromatic nitrogens is 2. The van der Waals surface area contributed by atoms with Crippen molar-refractivity contribution in [2.24, 2.45) is 0 Å². The highest BCUT2D eigenvalue weighted by atomic mass is 16.6. The van der Waals surface area contributed by atoms with Crippen molar-refractivity contribution >= 4 is 28.2 Å². The fraction of sp³-hybridized carbons (Fsp3) is 0.179. The van der Waals surface area contributed by atoms with Gasteiger partial charge < -0.3 is 14.0 Å². The summed E-state index contributed by atoms with van der Waals surface area (Å²) in [7, 11) is 0. The van der Waals surface area contributed by atoms with Crippen LogP contribution >= 0.6 is 0 Å². The first-order chi connectivity index (χ1) is 19.2. The van der Waals surface area contributed by atoms with Crippen LogP contribution in [0.25, 0.3) is 22.3 Å². The summed E-state index contributed by atoms with van der Waals surface area (Å²) in [5.41, 5.74) is -0.234. The minimum absolute atomic E-state index is 0.0825. The lowest BCUT2D eigenvalue weighted by molar-refractivity contribution is -0.385. The number of benzene rings is 2. The standard InChI is InChI=1S/C28H20N4O8/c1-3-28(40-27(34)17-7-4-5-9-22(17)31(35)36)15(2)39-14-19-20(28)12-24-25-16(13-30(24)26(19)33)11-18-21(29-25)8-6-10-23(18)32(37)38/h4-12H,2-3,13-14H2,1H3/t28-/m1/s1. The fourth-order valence-corrected chi connectivity index (χ4v) is 5.45. The molecular formula is C28H20N4O8. The van der Waals surface area contributed by atoms with Gasteiger partial charge in [0.1, 0.15) is 17.9 Å². The molecule has 0 saturated carbocycles. The van der Waals surface area contributed by atoms with Crippen LogP contribution in [0.5, 0.6) is 0 Å². The van der Waals surface area contributed by atoms with Crippen LogP contribution in [0.15, 0.2) is 71.7 Å². The van der Waals surface area contributed by atoms with Crippen molar-refractivity contribution < 1.29 is 24.1 Å². The molecule has 40 heavy (non-hydrogen) atoms. The molecule has 0 fully saturated rings. The summed E-state index contributed by atoms with van der Waals surface area (Å²) in [5, 5.41) is 23.5. The van der Waals surface area contributed by atoms with E-state index in [1.807, 2.05) is 0 Å². The van der Waals surface area contributed by atoms with Gasteiger partial charge in [0.05, 0.1) is 44.2 Å². The molecule has 2 aliphatic rings. The zero-order valence-corrected chi connectivity index (χ0v) is 21.1. The summed E-state index contributed by atoms with van der Waals surface area (Å²) >= 11 is 0. The van der Waals surface area contributed by atoms with Gasteiger partial charge in [0.2, 0.25) is 0 Å². The molecule has 0 spiro atoms. The van der Waals surface area contributed by atoms with E-state index in [2.05, 4.69) is 11.6 Å². The van der Waals surface area contributed by atoms with Gasteiger partial charge in [0.25, 0.3) is 16.9 Å². The number of non-ortho nitro benzene ring substituents is 1. The maximum Gasteiger partial charge on any atom is 0.346 e. The number of ether oxygens (including phenoxy) is 2. The quantitative estimate of drug-likeness (QED) is 0.174. The number of para-hydroxylation sites is 1. The molecule has 0 unspecified atom stereocenters. The number of nitro benzene ring substituents is 2. The molecule has 0 amide bonds. The predicted octanol–water partition coefficient (Wildman–Crippen LogP) is 4.75. The molecule has 12 nitrogen and oxygen atoms in total. The number of nitrogens with zero attached hydrogens (tertiary/aromatic N) is 4. The normalized spacial score (nSPS) is 17.0. The van der Waals surface area contributed by atoms with E-state index in [-0.39, 0.29) is 42.1 Å². The van der Waals surface area contributed by atoms with Crippen LogP contribution in [0, 0.1) is 20.2 Å². The van der Waals surface area contributed by atoms with Gasteiger partial charge in [-0.25, -0.2) is 9.78 Å². The van der Waals surface area contributed by atoms with Gasteiger partial charge in [-0.05, 0) is 30.7 Å². The van der Waals surface area contributed by atoms with Crippen molar-refractivity contribution in [2.45, 2.75) is 32.1 Å². The lowest BCUT2D eigenvalue weighted by Gasteiger charge is -2.39. The van der Waals surface area contributed by atoms with Crippen LogP contribution in [0.3, 0.4) is 0 Å². The average Bonchev–Trinajstić information content (AvgIpc) is 3.30. The molecule has 2 aromatic carbocycles. The Morgan fingerprint density at radius 1 is 1.12 bits per heavy atom. The van der Waals surface area contributed by atoms with Crippen molar-refractivity contribution in [3.05, 3.63) is 120 Å². The van der Waals surface area contributed by atoms with Gasteiger partial charge in [-0.3, -0.25) is 25.0 Å². The SMILES string of the molecule is C=C1OCc2c(cc3n(c2=O)Cc2cc4c([N+](=O)[O-])cccc4nc2-3)[C@]1(CC)OC(=O)c1ccccc1[N+](=O)[O-]. The summed E-state index contributed by atoms with van der Waals surface area (Å²) in [5.74, 6) is -0.886. The second-order valence-corrected chi connectivity index (χ2v) is 9.47. The van der Waals surface area contributed by atoms with Crippen molar-refractivity contribution in [1.82, 2.24) is 9.55 Å². The van der Waals surface area contributed by atoms with Crippen molar-refractivity contribution in [1.29, 1.82) is 0 Å². The summed E-state index contributed by atoms with van der Waals surface area (Å²) in [6.45, 7) is 5.70. The number of nitro groups is 2. The van der Waals surface area contributed by atoms with Gasteiger partial charge in [-0.2, -0.15) is 0 Å². The molecule has 0 N–H and O–H groups in total. The Morgan fingerprint density at radius 3 is 2.58 bits per heavy atom. The first kappa shape index (κ1) is 24.9. The molecule has 12 heteroatoms. The molecular weight excluding hydrogens is 520 g/mol. The van der Waals surface area contributed by atoms with Crippen molar-refractivity contribution in [3.8, 4) is 11.4 Å². The lowest BCUT2D eigenvalue weighted by Crippen LogP contribution is -2.42. The molecule has 4 heterocycles. The monoisotopic (exact) mass is 540 g/mol. The van der Waals surface area contributed by atoms with E-state index < -0.39 is 32.7 Å². The fourth-order valence-electron chi connectivity index (χ4n) is 5.45. The number of hydrogen-bond donors (Lipinski definition) is 0. The summed E-state index contributed by atoms with van der Waals surface area (Å²) in [4.78, 5) is 53.7. The topological polar surface area (TPSA) is 157 Å². The van der Waals surface area contributed by atoms with E-state index in [4.69, 9.17) is 9.47 Å². The number of esters is 1. The van der Waals surface area contributed by atoms with E-state index in [0.717, 1.165) is 0 Å². The zero-order chi connectivity index (χ0) is 28.3. The van der Waals surface area contributed by atoms with E-state index >= 15 is 0 Å². The highest BCUT2D eigenvalue weighted by molar-refractivity contribution is 5.94. The number of hydrogen-bond acceptors (Lipinski definition) is 9. The van der Waals surface area contributed by atoms with E-state index in [9.17, 15) is 29.8 Å². The third-order valence-corrected chi connectivity index (χ3v) is 7.44. The maximum absolute atomic E-state index is 13.7. The Balaban J connectivity index is 1.52. The van der Waals surface area contributed by atoms with Gasteiger partial charge in [0, 0.05) is 23.3 Å². The highest BCUT2D eigenvalue weighted by Crippen LogP contribution is 2.45. The zero-order valence-electron chi connectivity index (χ0n) is 21.1. The molecule has 0 bridgehead atoms. The van der Waals surface area contributed by atoms with Gasteiger partial charge in [-0.1, -0.05) is 31.7 Å². The number of rotatable bonds is 5. The van der Waals surface area contributed by atoms with Crippen LogP contribution in [0.4, 0.5) is 11.4 Å². The molecule has 4 aromatic rings. The Hall–Kier alpha value is -5.39. The van der Waals surface area contributed by atoms with Crippen LogP contribution < -0.4 is 5.56 Å². The van der Waals surface area contributed by atoms with Crippen LogP contribution in [0.2, 0.25) is 0 Å². The van der Waals surface area contributed by atoms with Crippen LogP contribution in [-0.2, 0) is 28.2 Å². The molecule has 0 radical (unpaired) electrons. The number of pyridine rings is 2. The van der Waals surface area contributed by atoms with E-state index in [0.29, 0.717) is 33.4 Å². The number of carbonyl (C=O) groups is 1. The van der Waals surface area contributed by atoms with Gasteiger partial charge >= 0.3 is 5.97 Å². The Bertz CT molecular complexity index is 1880. The van der Waals surface area contributed by atoms with Crippen LogP contribution in [-0.4, -0.2) is 25.4 Å². The van der Waals surface area contributed by atoms with Gasteiger partial charge in [0.15, 0.2) is 5.60 Å². The summed E-state index contributed by atoms with van der Waals surface area (Å²) < 4.78 is 13.2. The second kappa shape index (κ2) is 8.83. The maximum atomic E-state index is 13.7. The third kappa shape index (κ3) is 3.49. The molecule has 6 rings (SSSR count). The molecule has 2 aliphatic heterocycles. The average molecular weight is 540 g/mol. The predicted molar refractivity (Wildman–Crippen MR) is 142 cm³/mol.